The molecule has 0 aromatic rings. The largest absolute Gasteiger partial charge is 0.480 e. The van der Waals surface area contributed by atoms with Crippen LogP contribution in [0.15, 0.2) is 0 Å². The molecule has 0 fully saturated rings. The third kappa shape index (κ3) is 10.9. The highest BCUT2D eigenvalue weighted by Crippen LogP contribution is 2.03. The molecule has 0 aliphatic heterocycles. The number of rotatable bonds is 14. The third-order valence-corrected chi connectivity index (χ3v) is 4.15. The Morgan fingerprint density at radius 1 is 0.862 bits per heavy atom. The van der Waals surface area contributed by atoms with Crippen LogP contribution in [0, 0.1) is 0 Å². The summed E-state index contributed by atoms with van der Waals surface area (Å²) in [4.78, 5) is 69.9. The number of hydrogen-bond acceptors (Lipinski definition) is 8. The zero-order valence-electron chi connectivity index (χ0n) is 15.8. The van der Waals surface area contributed by atoms with Gasteiger partial charge in [-0.15, -0.1) is 0 Å². The zero-order valence-corrected chi connectivity index (χ0v) is 16.6. The lowest BCUT2D eigenvalue weighted by Gasteiger charge is -2.23. The van der Waals surface area contributed by atoms with Gasteiger partial charge < -0.3 is 38.3 Å². The standard InChI is InChI=1S/C15H26N6O7S/c1-29-3-2-7(15(27)28)20-14(26)9(5-11(18)23)21-13(25)8(4-10(17)22)19-12(24)6-16/h7-9H,2-6,16H2,1H3,(H2,17,22)(H2,18,23)(H,19,24)(H,20,26)(H,21,25)(H,27,28). The molecule has 164 valence electrons. The summed E-state index contributed by atoms with van der Waals surface area (Å²) in [5.74, 6) is -5.43. The van der Waals surface area contributed by atoms with Gasteiger partial charge in [0.1, 0.15) is 18.1 Å². The number of carboxylic acids is 1. The summed E-state index contributed by atoms with van der Waals surface area (Å²) in [5.41, 5.74) is 15.3. The zero-order chi connectivity index (χ0) is 22.6. The van der Waals surface area contributed by atoms with Crippen molar-refractivity contribution in [2.24, 2.45) is 17.2 Å². The van der Waals surface area contributed by atoms with Crippen molar-refractivity contribution in [3.63, 3.8) is 0 Å². The lowest BCUT2D eigenvalue weighted by Crippen LogP contribution is -2.57. The van der Waals surface area contributed by atoms with Gasteiger partial charge in [0.2, 0.25) is 29.5 Å². The van der Waals surface area contributed by atoms with E-state index >= 15 is 0 Å². The first-order valence-electron chi connectivity index (χ1n) is 8.40. The second kappa shape index (κ2) is 13.3. The molecular weight excluding hydrogens is 408 g/mol. The third-order valence-electron chi connectivity index (χ3n) is 3.51. The molecule has 13 nitrogen and oxygen atoms in total. The molecule has 3 atom stereocenters. The van der Waals surface area contributed by atoms with Gasteiger partial charge in [0, 0.05) is 0 Å². The molecule has 0 bridgehead atoms. The summed E-state index contributed by atoms with van der Waals surface area (Å²) in [6, 6.07) is -4.22. The van der Waals surface area contributed by atoms with Crippen molar-refractivity contribution >= 4 is 47.3 Å². The van der Waals surface area contributed by atoms with Crippen LogP contribution in [0.3, 0.4) is 0 Å². The maximum atomic E-state index is 12.4. The number of aliphatic carboxylic acids is 1. The van der Waals surface area contributed by atoms with Gasteiger partial charge in [0.05, 0.1) is 19.4 Å². The molecule has 0 aromatic heterocycles. The van der Waals surface area contributed by atoms with Gasteiger partial charge >= 0.3 is 5.97 Å². The number of hydrogen-bond donors (Lipinski definition) is 7. The lowest BCUT2D eigenvalue weighted by atomic mass is 10.1. The van der Waals surface area contributed by atoms with Crippen LogP contribution in [0.25, 0.3) is 0 Å². The number of carboxylic acid groups (broad SMARTS) is 1. The summed E-state index contributed by atoms with van der Waals surface area (Å²) in [5, 5.41) is 15.7. The number of thioether (sulfide) groups is 1. The molecule has 0 rings (SSSR count). The first-order chi connectivity index (χ1) is 13.5. The van der Waals surface area contributed by atoms with Gasteiger partial charge in [-0.3, -0.25) is 24.0 Å². The fraction of sp³-hybridized carbons (Fsp3) is 0.600. The van der Waals surface area contributed by atoms with Crippen LogP contribution in [0.5, 0.6) is 0 Å². The Morgan fingerprint density at radius 3 is 1.69 bits per heavy atom. The van der Waals surface area contributed by atoms with Gasteiger partial charge in [0.25, 0.3) is 0 Å². The smallest absolute Gasteiger partial charge is 0.326 e. The van der Waals surface area contributed by atoms with Crippen molar-refractivity contribution in [3.05, 3.63) is 0 Å². The van der Waals surface area contributed by atoms with Crippen LogP contribution in [-0.2, 0) is 28.8 Å². The van der Waals surface area contributed by atoms with Crippen LogP contribution in [0.1, 0.15) is 19.3 Å². The Balaban J connectivity index is 5.36. The Labute approximate surface area is 170 Å². The molecule has 0 aromatic carbocycles. The quantitative estimate of drug-likeness (QED) is 0.141. The van der Waals surface area contributed by atoms with E-state index in [4.69, 9.17) is 17.2 Å². The summed E-state index contributed by atoms with van der Waals surface area (Å²) >= 11 is 1.37. The fourth-order valence-electron chi connectivity index (χ4n) is 2.11. The minimum atomic E-state index is -1.53. The van der Waals surface area contributed by atoms with E-state index in [1.54, 1.807) is 6.26 Å². The topological polar surface area (TPSA) is 237 Å². The normalized spacial score (nSPS) is 13.4. The minimum absolute atomic E-state index is 0.107. The van der Waals surface area contributed by atoms with E-state index in [1.165, 1.54) is 11.8 Å². The van der Waals surface area contributed by atoms with Crippen molar-refractivity contribution in [3.8, 4) is 0 Å². The van der Waals surface area contributed by atoms with E-state index in [9.17, 15) is 33.9 Å². The molecule has 0 saturated heterocycles. The first kappa shape index (κ1) is 26.1. The number of carbonyl (C=O) groups is 6. The highest BCUT2D eigenvalue weighted by Gasteiger charge is 2.31. The number of nitrogens with two attached hydrogens (primary N) is 3. The molecule has 0 radical (unpaired) electrons. The van der Waals surface area contributed by atoms with Crippen LogP contribution in [0.4, 0.5) is 0 Å². The second-order valence-electron chi connectivity index (χ2n) is 5.91. The number of primary amides is 2. The van der Waals surface area contributed by atoms with E-state index in [1.807, 2.05) is 0 Å². The summed E-state index contributed by atoms with van der Waals surface area (Å²) in [7, 11) is 0. The van der Waals surface area contributed by atoms with Crippen molar-refractivity contribution in [2.45, 2.75) is 37.4 Å². The van der Waals surface area contributed by atoms with Gasteiger partial charge in [-0.25, -0.2) is 4.79 Å². The summed E-state index contributed by atoms with van der Waals surface area (Å²) in [6.45, 7) is -0.469. The van der Waals surface area contributed by atoms with E-state index in [0.29, 0.717) is 5.75 Å². The average Bonchev–Trinajstić information content (AvgIpc) is 2.62. The van der Waals surface area contributed by atoms with Crippen LogP contribution in [0.2, 0.25) is 0 Å². The van der Waals surface area contributed by atoms with E-state index < -0.39 is 73.0 Å². The Kier molecular flexibility index (Phi) is 12.0. The van der Waals surface area contributed by atoms with Crippen LogP contribution < -0.4 is 33.2 Å². The molecule has 3 unspecified atom stereocenters. The Hall–Kier alpha value is -2.87. The maximum Gasteiger partial charge on any atom is 0.326 e. The molecule has 5 amide bonds. The van der Waals surface area contributed by atoms with Gasteiger partial charge in [-0.2, -0.15) is 11.8 Å². The minimum Gasteiger partial charge on any atom is -0.480 e. The SMILES string of the molecule is CSCCC(NC(=O)C(CC(N)=O)NC(=O)C(CC(N)=O)NC(=O)CN)C(=O)O. The molecule has 10 N–H and O–H groups in total. The van der Waals surface area contributed by atoms with Crippen molar-refractivity contribution in [1.29, 1.82) is 0 Å². The highest BCUT2D eigenvalue weighted by atomic mass is 32.2. The molecule has 0 spiro atoms. The summed E-state index contributed by atoms with van der Waals surface area (Å²) in [6.07, 6.45) is 0.635. The number of amides is 5. The molecule has 14 heteroatoms. The van der Waals surface area contributed by atoms with Crippen molar-refractivity contribution in [2.75, 3.05) is 18.6 Å². The first-order valence-corrected chi connectivity index (χ1v) is 9.79. The molecule has 0 aliphatic carbocycles. The lowest BCUT2D eigenvalue weighted by molar-refractivity contribution is -0.142. The van der Waals surface area contributed by atoms with E-state index in [-0.39, 0.29) is 6.42 Å². The molecule has 0 aliphatic rings. The molecule has 29 heavy (non-hydrogen) atoms. The monoisotopic (exact) mass is 434 g/mol. The average molecular weight is 434 g/mol. The van der Waals surface area contributed by atoms with Crippen LogP contribution >= 0.6 is 11.8 Å². The Morgan fingerprint density at radius 2 is 1.31 bits per heavy atom. The van der Waals surface area contributed by atoms with Gasteiger partial charge in [0.15, 0.2) is 0 Å². The second-order valence-corrected chi connectivity index (χ2v) is 6.89. The summed E-state index contributed by atoms with van der Waals surface area (Å²) < 4.78 is 0. The van der Waals surface area contributed by atoms with Crippen molar-refractivity contribution in [1.82, 2.24) is 16.0 Å². The number of nitrogens with one attached hydrogen (secondary N) is 3. The molecular formula is C15H26N6O7S. The predicted octanol–water partition coefficient (Wildman–Crippen LogP) is -4.01. The van der Waals surface area contributed by atoms with Gasteiger partial charge in [-0.1, -0.05) is 0 Å². The van der Waals surface area contributed by atoms with Gasteiger partial charge in [-0.05, 0) is 18.4 Å². The van der Waals surface area contributed by atoms with E-state index in [2.05, 4.69) is 16.0 Å². The number of carbonyl (C=O) groups excluding carboxylic acids is 5. The fourth-order valence-corrected chi connectivity index (χ4v) is 2.58. The molecule has 0 heterocycles. The molecule has 0 saturated carbocycles. The highest BCUT2D eigenvalue weighted by molar-refractivity contribution is 7.98. The maximum absolute atomic E-state index is 12.4. The van der Waals surface area contributed by atoms with E-state index in [0.717, 1.165) is 0 Å². The Bertz CT molecular complexity index is 645. The predicted molar refractivity (Wildman–Crippen MR) is 103 cm³/mol. The van der Waals surface area contributed by atoms with Crippen molar-refractivity contribution < 1.29 is 33.9 Å². The van der Waals surface area contributed by atoms with Crippen LogP contribution in [-0.4, -0.2) is 77.3 Å².